The second kappa shape index (κ2) is 7.82. The van der Waals surface area contributed by atoms with Crippen molar-refractivity contribution in [2.45, 2.75) is 26.7 Å². The van der Waals surface area contributed by atoms with Gasteiger partial charge in [0.05, 0.1) is 12.2 Å². The van der Waals surface area contributed by atoms with Gasteiger partial charge in [0.25, 0.3) is 0 Å². The highest BCUT2D eigenvalue weighted by Crippen LogP contribution is 2.12. The van der Waals surface area contributed by atoms with E-state index < -0.39 is 5.82 Å². The quantitative estimate of drug-likeness (QED) is 0.809. The lowest BCUT2D eigenvalue weighted by Gasteiger charge is -2.20. The van der Waals surface area contributed by atoms with E-state index in [2.05, 4.69) is 24.1 Å². The predicted molar refractivity (Wildman–Crippen MR) is 72.1 cm³/mol. The van der Waals surface area contributed by atoms with Crippen LogP contribution in [0.25, 0.3) is 0 Å². The second-order valence-corrected chi connectivity index (χ2v) is 4.30. The third kappa shape index (κ3) is 4.84. The smallest absolute Gasteiger partial charge is 0.238 e. The van der Waals surface area contributed by atoms with Gasteiger partial charge in [-0.25, -0.2) is 4.39 Å². The van der Waals surface area contributed by atoms with Crippen LogP contribution in [0.1, 0.15) is 26.7 Å². The minimum absolute atomic E-state index is 0.165. The summed E-state index contributed by atoms with van der Waals surface area (Å²) in [5.74, 6) is -0.564. The molecule has 0 bridgehead atoms. The van der Waals surface area contributed by atoms with Crippen LogP contribution in [0, 0.1) is 5.82 Å². The van der Waals surface area contributed by atoms with Crippen molar-refractivity contribution in [2.24, 2.45) is 0 Å². The van der Waals surface area contributed by atoms with Crippen molar-refractivity contribution in [3.05, 3.63) is 30.1 Å². The number of nitrogens with one attached hydrogen (secondary N) is 1. The average molecular weight is 252 g/mol. The van der Waals surface area contributed by atoms with E-state index in [1.807, 2.05) is 0 Å². The van der Waals surface area contributed by atoms with Gasteiger partial charge < -0.3 is 5.32 Å². The van der Waals surface area contributed by atoms with Crippen LogP contribution in [-0.2, 0) is 4.79 Å². The van der Waals surface area contributed by atoms with Gasteiger partial charge in [-0.05, 0) is 38.1 Å². The molecule has 0 aromatic heterocycles. The molecule has 0 aliphatic heterocycles. The number of hydrogen-bond acceptors (Lipinski definition) is 2. The summed E-state index contributed by atoms with van der Waals surface area (Å²) in [7, 11) is 0. The van der Waals surface area contributed by atoms with Crippen LogP contribution in [0.2, 0.25) is 0 Å². The maximum Gasteiger partial charge on any atom is 0.238 e. The van der Waals surface area contributed by atoms with Gasteiger partial charge >= 0.3 is 0 Å². The third-order valence-corrected chi connectivity index (χ3v) is 2.59. The molecule has 0 saturated carbocycles. The molecule has 0 atom stereocenters. The van der Waals surface area contributed by atoms with Gasteiger partial charge in [-0.2, -0.15) is 0 Å². The number of nitrogens with zero attached hydrogens (tertiary/aromatic N) is 1. The second-order valence-electron chi connectivity index (χ2n) is 4.30. The summed E-state index contributed by atoms with van der Waals surface area (Å²) < 4.78 is 13.4. The van der Waals surface area contributed by atoms with Gasteiger partial charge in [-0.15, -0.1) is 0 Å². The van der Waals surface area contributed by atoms with Crippen LogP contribution >= 0.6 is 0 Å². The van der Waals surface area contributed by atoms with E-state index in [1.165, 1.54) is 6.07 Å². The summed E-state index contributed by atoms with van der Waals surface area (Å²) >= 11 is 0. The van der Waals surface area contributed by atoms with Crippen molar-refractivity contribution in [1.29, 1.82) is 0 Å². The molecule has 1 amide bonds. The Bertz CT molecular complexity index is 376. The van der Waals surface area contributed by atoms with Crippen molar-refractivity contribution in [2.75, 3.05) is 25.0 Å². The van der Waals surface area contributed by atoms with E-state index in [-0.39, 0.29) is 11.6 Å². The monoisotopic (exact) mass is 252 g/mol. The van der Waals surface area contributed by atoms with Gasteiger partial charge in [0, 0.05) is 0 Å². The zero-order chi connectivity index (χ0) is 13.4. The number of benzene rings is 1. The molecule has 1 N–H and O–H groups in total. The fourth-order valence-corrected chi connectivity index (χ4v) is 1.86. The number of halogens is 1. The zero-order valence-electron chi connectivity index (χ0n) is 11.1. The zero-order valence-corrected chi connectivity index (χ0v) is 11.1. The number of carbonyl (C=O) groups is 1. The van der Waals surface area contributed by atoms with E-state index in [1.54, 1.807) is 18.2 Å². The van der Waals surface area contributed by atoms with Crippen molar-refractivity contribution in [3.63, 3.8) is 0 Å². The van der Waals surface area contributed by atoms with Crippen LogP contribution in [0.4, 0.5) is 10.1 Å². The molecule has 1 rings (SSSR count). The summed E-state index contributed by atoms with van der Waals surface area (Å²) in [6.07, 6.45) is 2.01. The Balaban J connectivity index is 2.52. The molecule has 1 aromatic carbocycles. The van der Waals surface area contributed by atoms with E-state index in [4.69, 9.17) is 0 Å². The number of anilines is 1. The summed E-state index contributed by atoms with van der Waals surface area (Å²) in [4.78, 5) is 13.9. The molecule has 4 heteroatoms. The summed E-state index contributed by atoms with van der Waals surface area (Å²) in [6.45, 7) is 6.25. The predicted octanol–water partition coefficient (Wildman–Crippen LogP) is 2.89. The van der Waals surface area contributed by atoms with E-state index in [0.717, 1.165) is 25.9 Å². The Morgan fingerprint density at radius 2 is 1.83 bits per heavy atom. The molecular formula is C14H21FN2O. The molecule has 0 aliphatic rings. The van der Waals surface area contributed by atoms with Gasteiger partial charge in [-0.3, -0.25) is 9.69 Å². The number of amides is 1. The minimum atomic E-state index is -0.400. The fourth-order valence-electron chi connectivity index (χ4n) is 1.86. The number of carbonyl (C=O) groups excluding carboxylic acids is 1. The molecule has 18 heavy (non-hydrogen) atoms. The van der Waals surface area contributed by atoms with Gasteiger partial charge in [0.15, 0.2) is 0 Å². The first-order valence-corrected chi connectivity index (χ1v) is 6.44. The van der Waals surface area contributed by atoms with Crippen LogP contribution in [0.5, 0.6) is 0 Å². The molecule has 0 spiro atoms. The molecule has 0 radical (unpaired) electrons. The minimum Gasteiger partial charge on any atom is -0.322 e. The van der Waals surface area contributed by atoms with E-state index in [0.29, 0.717) is 6.54 Å². The maximum absolute atomic E-state index is 13.4. The van der Waals surface area contributed by atoms with Crippen LogP contribution in [0.3, 0.4) is 0 Å². The lowest BCUT2D eigenvalue weighted by atomic mass is 10.3. The molecular weight excluding hydrogens is 231 g/mol. The third-order valence-electron chi connectivity index (χ3n) is 2.59. The first-order chi connectivity index (χ1) is 8.67. The van der Waals surface area contributed by atoms with E-state index in [9.17, 15) is 9.18 Å². The molecule has 3 nitrogen and oxygen atoms in total. The molecule has 0 unspecified atom stereocenters. The Labute approximate surface area is 108 Å². The highest BCUT2D eigenvalue weighted by Gasteiger charge is 2.10. The highest BCUT2D eigenvalue weighted by atomic mass is 19.1. The highest BCUT2D eigenvalue weighted by molar-refractivity contribution is 5.92. The Morgan fingerprint density at radius 1 is 1.22 bits per heavy atom. The van der Waals surface area contributed by atoms with Gasteiger partial charge in [0.2, 0.25) is 5.91 Å². The van der Waals surface area contributed by atoms with Gasteiger partial charge in [0.1, 0.15) is 5.82 Å². The normalized spacial score (nSPS) is 10.7. The molecule has 100 valence electrons. The van der Waals surface area contributed by atoms with Crippen LogP contribution in [0.15, 0.2) is 24.3 Å². The van der Waals surface area contributed by atoms with Crippen molar-refractivity contribution >= 4 is 11.6 Å². The van der Waals surface area contributed by atoms with Crippen molar-refractivity contribution in [1.82, 2.24) is 4.90 Å². The van der Waals surface area contributed by atoms with Gasteiger partial charge in [-0.1, -0.05) is 26.0 Å². The summed E-state index contributed by atoms with van der Waals surface area (Å²) in [5.41, 5.74) is 0.246. The van der Waals surface area contributed by atoms with Crippen LogP contribution < -0.4 is 5.32 Å². The average Bonchev–Trinajstić information content (AvgIpc) is 2.33. The Hall–Kier alpha value is -1.42. The topological polar surface area (TPSA) is 32.3 Å². The molecule has 0 heterocycles. The number of para-hydroxylation sites is 1. The lowest BCUT2D eigenvalue weighted by molar-refractivity contribution is -0.117. The molecule has 0 aliphatic carbocycles. The Morgan fingerprint density at radius 3 is 2.39 bits per heavy atom. The molecule has 0 fully saturated rings. The maximum atomic E-state index is 13.4. The van der Waals surface area contributed by atoms with E-state index >= 15 is 0 Å². The number of hydrogen-bond donors (Lipinski definition) is 1. The Kier molecular flexibility index (Phi) is 6.36. The van der Waals surface area contributed by atoms with Crippen LogP contribution in [-0.4, -0.2) is 30.4 Å². The summed E-state index contributed by atoms with van der Waals surface area (Å²) in [6, 6.07) is 6.21. The number of rotatable bonds is 7. The first-order valence-electron chi connectivity index (χ1n) is 6.44. The lowest BCUT2D eigenvalue weighted by Crippen LogP contribution is -2.34. The largest absolute Gasteiger partial charge is 0.322 e. The van der Waals surface area contributed by atoms with Crippen molar-refractivity contribution < 1.29 is 9.18 Å². The summed E-state index contributed by atoms with van der Waals surface area (Å²) in [5, 5.41) is 2.60. The fraction of sp³-hybridized carbons (Fsp3) is 0.500. The van der Waals surface area contributed by atoms with Crippen molar-refractivity contribution in [3.8, 4) is 0 Å². The standard InChI is InChI=1S/C14H21FN2O/c1-3-9-17(10-4-2)11-14(18)16-13-8-6-5-7-12(13)15/h5-8H,3-4,9-11H2,1-2H3,(H,16,18). The first kappa shape index (κ1) is 14.6. The molecule has 1 aromatic rings. The molecule has 0 saturated heterocycles. The SMILES string of the molecule is CCCN(CCC)CC(=O)Nc1ccccc1F.